The van der Waals surface area contributed by atoms with E-state index in [1.54, 1.807) is 14.2 Å². The molecule has 1 fully saturated rings. The number of para-hydroxylation sites is 2. The quantitative estimate of drug-likeness (QED) is 0.762. The molecular weight excluding hydrogens is 358 g/mol. The third kappa shape index (κ3) is 2.51. The van der Waals surface area contributed by atoms with Gasteiger partial charge in [0.05, 0.1) is 7.11 Å². The van der Waals surface area contributed by atoms with Gasteiger partial charge in [-0.25, -0.2) is 9.36 Å². The summed E-state index contributed by atoms with van der Waals surface area (Å²) in [5.41, 5.74) is 1.75. The lowest BCUT2D eigenvalue weighted by Crippen LogP contribution is -2.63. The van der Waals surface area contributed by atoms with Gasteiger partial charge in [-0.15, -0.1) is 0 Å². The molecule has 0 radical (unpaired) electrons. The standard InChI is InChI=1S/C20H24N5O3/c1-12(2)10-24-18(26)16-17(22(4)20(24)27)21-19-23(16)11-13(3)25(19)14-8-6-7-9-15(14)28-5/h6-9,11-12,16H,10H2,1-5H3/q+1. The largest absolute Gasteiger partial charge is 0.493 e. The summed E-state index contributed by atoms with van der Waals surface area (Å²) >= 11 is 0. The van der Waals surface area contributed by atoms with E-state index in [0.29, 0.717) is 24.1 Å². The first-order valence-electron chi connectivity index (χ1n) is 9.29. The average molecular weight is 382 g/mol. The highest BCUT2D eigenvalue weighted by molar-refractivity contribution is 6.19. The third-order valence-corrected chi connectivity index (χ3v) is 5.08. The predicted molar refractivity (Wildman–Crippen MR) is 103 cm³/mol. The van der Waals surface area contributed by atoms with Gasteiger partial charge >= 0.3 is 12.0 Å². The van der Waals surface area contributed by atoms with Crippen LogP contribution in [0.4, 0.5) is 10.7 Å². The Kier molecular flexibility index (Phi) is 4.21. The van der Waals surface area contributed by atoms with Crippen molar-refractivity contribution in [3.63, 3.8) is 0 Å². The van der Waals surface area contributed by atoms with E-state index in [9.17, 15) is 9.59 Å². The van der Waals surface area contributed by atoms with Crippen LogP contribution in [0.15, 0.2) is 35.5 Å². The van der Waals surface area contributed by atoms with Crippen LogP contribution in [-0.2, 0) is 4.79 Å². The number of imidazole rings is 1. The summed E-state index contributed by atoms with van der Waals surface area (Å²) in [6, 6.07) is 6.68. The maximum Gasteiger partial charge on any atom is 0.407 e. The number of fused-ring (bicyclic) bond motifs is 3. The van der Waals surface area contributed by atoms with E-state index in [-0.39, 0.29) is 17.9 Å². The van der Waals surface area contributed by atoms with E-state index in [4.69, 9.17) is 4.74 Å². The predicted octanol–water partition coefficient (Wildman–Crippen LogP) is 2.22. The van der Waals surface area contributed by atoms with Crippen molar-refractivity contribution in [2.24, 2.45) is 10.9 Å². The number of hydrogen-bond donors (Lipinski definition) is 0. The number of nitrogens with zero attached hydrogens (tertiary/aromatic N) is 5. The van der Waals surface area contributed by atoms with Crippen molar-refractivity contribution in [2.75, 3.05) is 20.7 Å². The first-order chi connectivity index (χ1) is 13.3. The summed E-state index contributed by atoms with van der Waals surface area (Å²) in [6.45, 7) is 6.31. The molecule has 0 N–H and O–H groups in total. The monoisotopic (exact) mass is 382 g/mol. The molecule has 0 bridgehead atoms. The second-order valence-corrected chi connectivity index (χ2v) is 7.54. The number of hydrogen-bond acceptors (Lipinski definition) is 4. The lowest BCUT2D eigenvalue weighted by Gasteiger charge is -2.33. The molecule has 8 heteroatoms. The molecule has 0 spiro atoms. The highest BCUT2D eigenvalue weighted by atomic mass is 16.5. The number of carbonyl (C=O) groups excluding carboxylic acids is 2. The fourth-order valence-electron chi connectivity index (χ4n) is 3.83. The molecule has 4 rings (SSSR count). The molecule has 3 amide bonds. The highest BCUT2D eigenvalue weighted by Crippen LogP contribution is 2.33. The van der Waals surface area contributed by atoms with Gasteiger partial charge in [0.1, 0.15) is 17.6 Å². The van der Waals surface area contributed by atoms with Crippen LogP contribution in [0.25, 0.3) is 5.69 Å². The van der Waals surface area contributed by atoms with Gasteiger partial charge in [-0.05, 0) is 25.0 Å². The molecule has 1 aromatic heterocycles. The Balaban J connectivity index is 1.86. The molecule has 2 aromatic rings. The summed E-state index contributed by atoms with van der Waals surface area (Å²) in [6.07, 6.45) is 1.90. The van der Waals surface area contributed by atoms with Gasteiger partial charge in [0, 0.05) is 13.6 Å². The molecule has 1 aromatic carbocycles. The van der Waals surface area contributed by atoms with Crippen LogP contribution in [0.5, 0.6) is 5.75 Å². The minimum absolute atomic E-state index is 0.186. The number of carbonyl (C=O) groups is 2. The highest BCUT2D eigenvalue weighted by Gasteiger charge is 2.53. The molecule has 1 unspecified atom stereocenters. The number of aliphatic imine (C=N–C) groups is 1. The van der Waals surface area contributed by atoms with Crippen molar-refractivity contribution >= 4 is 23.7 Å². The molecule has 2 aliphatic heterocycles. The summed E-state index contributed by atoms with van der Waals surface area (Å²) in [7, 11) is 3.29. The Morgan fingerprint density at radius 3 is 2.64 bits per heavy atom. The molecular formula is C20H24N5O3+. The van der Waals surface area contributed by atoms with Gasteiger partial charge in [-0.1, -0.05) is 31.0 Å². The van der Waals surface area contributed by atoms with Crippen LogP contribution in [0.2, 0.25) is 0 Å². The molecule has 28 heavy (non-hydrogen) atoms. The fraction of sp³-hybridized carbons (Fsp3) is 0.400. The van der Waals surface area contributed by atoms with E-state index < -0.39 is 6.04 Å². The second kappa shape index (κ2) is 6.47. The number of aryl methyl sites for hydroxylation is 1. The number of ether oxygens (including phenoxy) is 1. The number of aromatic nitrogens is 2. The molecule has 0 aliphatic carbocycles. The van der Waals surface area contributed by atoms with Gasteiger partial charge < -0.3 is 4.74 Å². The number of amidine groups is 1. The average Bonchev–Trinajstić information content (AvgIpc) is 3.17. The Hall–Kier alpha value is -3.16. The first kappa shape index (κ1) is 18.2. The minimum Gasteiger partial charge on any atom is -0.493 e. The molecule has 146 valence electrons. The zero-order valence-corrected chi connectivity index (χ0v) is 16.7. The SMILES string of the molecule is COc1ccccc1-n1c(C)c[n+]2c1N=C1C2C(=O)N(CC(C)C)C(=O)N1C. The molecule has 3 heterocycles. The van der Waals surface area contributed by atoms with Crippen LogP contribution in [0.1, 0.15) is 25.6 Å². The van der Waals surface area contributed by atoms with Crippen LogP contribution < -0.4 is 9.30 Å². The fourth-order valence-corrected chi connectivity index (χ4v) is 3.83. The van der Waals surface area contributed by atoms with Crippen molar-refractivity contribution in [1.82, 2.24) is 14.4 Å². The van der Waals surface area contributed by atoms with Crippen molar-refractivity contribution in [3.8, 4) is 11.4 Å². The molecule has 1 atom stereocenters. The summed E-state index contributed by atoms with van der Waals surface area (Å²) in [5.74, 6) is 1.70. The van der Waals surface area contributed by atoms with Crippen molar-refractivity contribution in [1.29, 1.82) is 0 Å². The number of urea groups is 1. The van der Waals surface area contributed by atoms with Gasteiger partial charge in [-0.3, -0.25) is 14.6 Å². The Labute approximate surface area is 163 Å². The first-order valence-corrected chi connectivity index (χ1v) is 9.29. The zero-order chi connectivity index (χ0) is 20.2. The number of likely N-dealkylation sites (N-methyl/N-ethyl adjacent to an activating group) is 1. The molecule has 1 saturated heterocycles. The van der Waals surface area contributed by atoms with E-state index in [1.165, 1.54) is 9.80 Å². The molecule has 8 nitrogen and oxygen atoms in total. The Bertz CT molecular complexity index is 1010. The van der Waals surface area contributed by atoms with Gasteiger partial charge in [0.25, 0.3) is 5.91 Å². The van der Waals surface area contributed by atoms with Crippen LogP contribution in [-0.4, -0.2) is 52.8 Å². The van der Waals surface area contributed by atoms with Crippen molar-refractivity contribution in [3.05, 3.63) is 36.2 Å². The van der Waals surface area contributed by atoms with Crippen LogP contribution >= 0.6 is 0 Å². The minimum atomic E-state index is -0.633. The van der Waals surface area contributed by atoms with E-state index in [2.05, 4.69) is 4.99 Å². The van der Waals surface area contributed by atoms with E-state index in [0.717, 1.165) is 11.4 Å². The maximum atomic E-state index is 13.2. The Morgan fingerprint density at radius 2 is 1.96 bits per heavy atom. The van der Waals surface area contributed by atoms with Gasteiger partial charge in [-0.2, -0.15) is 4.57 Å². The van der Waals surface area contributed by atoms with Crippen molar-refractivity contribution in [2.45, 2.75) is 26.8 Å². The van der Waals surface area contributed by atoms with E-state index in [1.807, 2.05) is 60.4 Å². The van der Waals surface area contributed by atoms with E-state index >= 15 is 0 Å². The molecule has 0 saturated carbocycles. The third-order valence-electron chi connectivity index (χ3n) is 5.08. The Morgan fingerprint density at radius 1 is 1.25 bits per heavy atom. The second-order valence-electron chi connectivity index (χ2n) is 7.54. The summed E-state index contributed by atoms with van der Waals surface area (Å²) in [4.78, 5) is 33.4. The lowest BCUT2D eigenvalue weighted by molar-refractivity contribution is -0.676. The zero-order valence-electron chi connectivity index (χ0n) is 16.7. The summed E-state index contributed by atoms with van der Waals surface area (Å²) < 4.78 is 9.29. The molecule has 2 aliphatic rings. The number of amides is 3. The number of methoxy groups -OCH3 is 1. The number of rotatable bonds is 4. The maximum absolute atomic E-state index is 13.2. The number of imide groups is 1. The number of benzene rings is 1. The van der Waals surface area contributed by atoms with Crippen LogP contribution in [0.3, 0.4) is 0 Å². The normalized spacial score (nSPS) is 18.5. The van der Waals surface area contributed by atoms with Gasteiger partial charge in [0.15, 0.2) is 5.75 Å². The van der Waals surface area contributed by atoms with Crippen molar-refractivity contribution < 1.29 is 18.9 Å². The summed E-state index contributed by atoms with van der Waals surface area (Å²) in [5, 5.41) is 0. The lowest BCUT2D eigenvalue weighted by atomic mass is 10.1. The smallest absolute Gasteiger partial charge is 0.407 e. The van der Waals surface area contributed by atoms with Crippen LogP contribution in [0, 0.1) is 12.8 Å². The van der Waals surface area contributed by atoms with Gasteiger partial charge in [0.2, 0.25) is 11.9 Å². The topological polar surface area (TPSA) is 71.0 Å².